The molecule has 0 radical (unpaired) electrons. The van der Waals surface area contributed by atoms with Crippen LogP contribution >= 0.6 is 11.6 Å². The van der Waals surface area contributed by atoms with E-state index in [9.17, 15) is 15.0 Å². The molecule has 6 heteroatoms. The summed E-state index contributed by atoms with van der Waals surface area (Å²) >= 11 is 6.01. The van der Waals surface area contributed by atoms with Crippen LogP contribution in [0.2, 0.25) is 5.02 Å². The van der Waals surface area contributed by atoms with Crippen molar-refractivity contribution in [3.63, 3.8) is 0 Å². The van der Waals surface area contributed by atoms with Crippen molar-refractivity contribution in [3.8, 4) is 5.75 Å². The Morgan fingerprint density at radius 1 is 1.19 bits per heavy atom. The average Bonchev–Trinajstić information content (AvgIpc) is 2.57. The third-order valence-corrected chi connectivity index (χ3v) is 3.34. The van der Waals surface area contributed by atoms with Crippen molar-refractivity contribution in [2.24, 2.45) is 4.99 Å². The lowest BCUT2D eigenvalue weighted by molar-refractivity contribution is -0.123. The number of hydrogen-bond acceptors (Lipinski definition) is 4. The molecule has 3 N–H and O–H groups in total. The van der Waals surface area contributed by atoms with Gasteiger partial charge < -0.3 is 15.5 Å². The van der Waals surface area contributed by atoms with E-state index in [0.717, 1.165) is 0 Å². The summed E-state index contributed by atoms with van der Waals surface area (Å²) < 4.78 is 0. The lowest BCUT2D eigenvalue weighted by Crippen LogP contribution is -2.24. The number of benzodiazepines with no additional fused rings is 1. The molecule has 3 rings (SSSR count). The first-order valence-corrected chi connectivity index (χ1v) is 6.58. The largest absolute Gasteiger partial charge is 0.508 e. The number of phenols is 1. The summed E-state index contributed by atoms with van der Waals surface area (Å²) in [4.78, 5) is 15.8. The number of phenolic OH excluding ortho intramolecular Hbond substituents is 1. The van der Waals surface area contributed by atoms with Crippen molar-refractivity contribution in [2.75, 3.05) is 5.32 Å². The number of nitrogens with zero attached hydrogens (tertiary/aromatic N) is 1. The Bertz CT molecular complexity index is 758. The molecule has 0 unspecified atom stereocenters. The van der Waals surface area contributed by atoms with Gasteiger partial charge in [0.1, 0.15) is 5.75 Å². The summed E-state index contributed by atoms with van der Waals surface area (Å²) in [5, 5.41) is 22.5. The molecule has 0 aliphatic carbocycles. The highest BCUT2D eigenvalue weighted by Gasteiger charge is 2.24. The number of benzene rings is 2. The Labute approximate surface area is 125 Å². The molecule has 1 aliphatic rings. The summed E-state index contributed by atoms with van der Waals surface area (Å²) in [6.07, 6.45) is -1.52. The molecule has 0 saturated heterocycles. The van der Waals surface area contributed by atoms with Gasteiger partial charge >= 0.3 is 0 Å². The van der Waals surface area contributed by atoms with Crippen LogP contribution in [0.15, 0.2) is 47.5 Å². The number of aromatic hydroxyl groups is 1. The van der Waals surface area contributed by atoms with Crippen molar-refractivity contribution in [2.45, 2.75) is 6.23 Å². The van der Waals surface area contributed by atoms with Gasteiger partial charge in [-0.25, -0.2) is 4.99 Å². The molecule has 106 valence electrons. The summed E-state index contributed by atoms with van der Waals surface area (Å²) in [7, 11) is 0. The molecular weight excluding hydrogens is 292 g/mol. The summed E-state index contributed by atoms with van der Waals surface area (Å²) in [5.41, 5.74) is 2.05. The maximum Gasteiger partial charge on any atom is 0.276 e. The zero-order valence-electron chi connectivity index (χ0n) is 10.7. The molecule has 2 aromatic rings. The number of fused-ring (bicyclic) bond motifs is 1. The summed E-state index contributed by atoms with van der Waals surface area (Å²) in [5.74, 6) is -0.550. The number of carbonyl (C=O) groups is 1. The van der Waals surface area contributed by atoms with E-state index in [1.807, 2.05) is 0 Å². The first kappa shape index (κ1) is 13.6. The number of anilines is 1. The van der Waals surface area contributed by atoms with Crippen LogP contribution in [0.1, 0.15) is 11.1 Å². The minimum Gasteiger partial charge on any atom is -0.508 e. The van der Waals surface area contributed by atoms with Gasteiger partial charge in [0.05, 0.1) is 11.4 Å². The standard InChI is InChI=1S/C15H11ClN2O3/c16-9-4-5-12-11(7-9)13(18-15(21)14(20)17-12)8-2-1-3-10(19)6-8/h1-7,15,19,21H,(H,17,20)/t15-/m0/s1. The van der Waals surface area contributed by atoms with E-state index in [2.05, 4.69) is 10.3 Å². The number of aliphatic imine (C=N–C) groups is 1. The highest BCUT2D eigenvalue weighted by atomic mass is 35.5. The van der Waals surface area contributed by atoms with E-state index in [1.54, 1.807) is 30.3 Å². The Balaban J connectivity index is 2.24. The predicted molar refractivity (Wildman–Crippen MR) is 79.8 cm³/mol. The highest BCUT2D eigenvalue weighted by Crippen LogP contribution is 2.27. The van der Waals surface area contributed by atoms with Gasteiger partial charge in [-0.15, -0.1) is 0 Å². The van der Waals surface area contributed by atoms with Crippen LogP contribution < -0.4 is 5.32 Å². The lowest BCUT2D eigenvalue weighted by atomic mass is 10.0. The van der Waals surface area contributed by atoms with Gasteiger partial charge in [0.2, 0.25) is 6.23 Å². The van der Waals surface area contributed by atoms with E-state index in [-0.39, 0.29) is 5.75 Å². The van der Waals surface area contributed by atoms with Gasteiger partial charge in [-0.2, -0.15) is 0 Å². The molecule has 0 aromatic heterocycles. The second kappa shape index (κ2) is 5.20. The molecule has 0 saturated carbocycles. The van der Waals surface area contributed by atoms with Crippen LogP contribution in [0.5, 0.6) is 5.75 Å². The number of halogens is 1. The van der Waals surface area contributed by atoms with Gasteiger partial charge in [0, 0.05) is 16.1 Å². The van der Waals surface area contributed by atoms with Crippen molar-refractivity contribution >= 4 is 28.9 Å². The van der Waals surface area contributed by atoms with Crippen LogP contribution in [0.4, 0.5) is 5.69 Å². The van der Waals surface area contributed by atoms with Gasteiger partial charge in [0.25, 0.3) is 5.91 Å². The Kier molecular flexibility index (Phi) is 3.37. The first-order chi connectivity index (χ1) is 10.0. The van der Waals surface area contributed by atoms with Gasteiger partial charge in [-0.05, 0) is 30.3 Å². The highest BCUT2D eigenvalue weighted by molar-refractivity contribution is 6.32. The van der Waals surface area contributed by atoms with E-state index in [1.165, 1.54) is 12.1 Å². The minimum absolute atomic E-state index is 0.0665. The Hall–Kier alpha value is -2.37. The molecule has 1 amide bonds. The fraction of sp³-hybridized carbons (Fsp3) is 0.0667. The monoisotopic (exact) mass is 302 g/mol. The van der Waals surface area contributed by atoms with Crippen molar-refractivity contribution in [3.05, 3.63) is 58.6 Å². The van der Waals surface area contributed by atoms with Crippen molar-refractivity contribution in [1.29, 1.82) is 0 Å². The Morgan fingerprint density at radius 3 is 2.76 bits per heavy atom. The fourth-order valence-electron chi connectivity index (χ4n) is 2.15. The molecule has 0 fully saturated rings. The average molecular weight is 303 g/mol. The van der Waals surface area contributed by atoms with Crippen LogP contribution in [0, 0.1) is 0 Å². The molecule has 21 heavy (non-hydrogen) atoms. The van der Waals surface area contributed by atoms with Gasteiger partial charge in [-0.1, -0.05) is 23.7 Å². The van der Waals surface area contributed by atoms with E-state index in [4.69, 9.17) is 11.6 Å². The number of nitrogens with one attached hydrogen (secondary N) is 1. The SMILES string of the molecule is O=C1Nc2ccc(Cl)cc2C(c2cccc(O)c2)=N[C@H]1O. The zero-order valence-corrected chi connectivity index (χ0v) is 11.5. The predicted octanol–water partition coefficient (Wildman–Crippen LogP) is 2.15. The molecular formula is C15H11ClN2O3. The fourth-order valence-corrected chi connectivity index (χ4v) is 2.32. The van der Waals surface area contributed by atoms with Crippen LogP contribution in [0.25, 0.3) is 0 Å². The second-order valence-corrected chi connectivity index (χ2v) is 5.02. The lowest BCUT2D eigenvalue weighted by Gasteiger charge is -2.10. The summed E-state index contributed by atoms with van der Waals surface area (Å²) in [6, 6.07) is 11.4. The smallest absolute Gasteiger partial charge is 0.276 e. The van der Waals surface area contributed by atoms with Crippen molar-refractivity contribution < 1.29 is 15.0 Å². The number of aliphatic hydroxyl groups is 1. The maximum absolute atomic E-state index is 11.8. The number of carbonyl (C=O) groups excluding carboxylic acids is 1. The van der Waals surface area contributed by atoms with Crippen LogP contribution in [-0.2, 0) is 4.79 Å². The Morgan fingerprint density at radius 2 is 2.00 bits per heavy atom. The van der Waals surface area contributed by atoms with Gasteiger partial charge in [-0.3, -0.25) is 4.79 Å². The van der Waals surface area contributed by atoms with E-state index < -0.39 is 12.1 Å². The summed E-state index contributed by atoms with van der Waals surface area (Å²) in [6.45, 7) is 0. The normalized spacial score (nSPS) is 17.5. The third-order valence-electron chi connectivity index (χ3n) is 3.10. The topological polar surface area (TPSA) is 81.9 Å². The molecule has 0 spiro atoms. The van der Waals surface area contributed by atoms with E-state index in [0.29, 0.717) is 27.5 Å². The number of aliphatic hydroxyl groups excluding tert-OH is 1. The molecule has 0 bridgehead atoms. The van der Waals surface area contributed by atoms with Gasteiger partial charge in [0.15, 0.2) is 0 Å². The molecule has 1 heterocycles. The van der Waals surface area contributed by atoms with Crippen molar-refractivity contribution in [1.82, 2.24) is 0 Å². The number of hydrogen-bond donors (Lipinski definition) is 3. The van der Waals surface area contributed by atoms with Crippen LogP contribution in [0.3, 0.4) is 0 Å². The number of amides is 1. The van der Waals surface area contributed by atoms with E-state index >= 15 is 0 Å². The third kappa shape index (κ3) is 2.61. The zero-order chi connectivity index (χ0) is 15.0. The molecule has 1 atom stereocenters. The quantitative estimate of drug-likeness (QED) is 0.755. The van der Waals surface area contributed by atoms with Crippen LogP contribution in [-0.4, -0.2) is 28.1 Å². The first-order valence-electron chi connectivity index (χ1n) is 6.20. The number of rotatable bonds is 1. The second-order valence-electron chi connectivity index (χ2n) is 4.58. The maximum atomic E-state index is 11.8. The molecule has 1 aliphatic heterocycles. The molecule has 5 nitrogen and oxygen atoms in total. The minimum atomic E-state index is -1.52. The molecule has 2 aromatic carbocycles.